The van der Waals surface area contributed by atoms with Gasteiger partial charge in [-0.2, -0.15) is 0 Å². The van der Waals surface area contributed by atoms with Crippen LogP contribution in [0.25, 0.3) is 0 Å². The predicted octanol–water partition coefficient (Wildman–Crippen LogP) is 3.09. The van der Waals surface area contributed by atoms with Crippen LogP contribution in [0.1, 0.15) is 5.56 Å². The van der Waals surface area contributed by atoms with Gasteiger partial charge in [0.05, 0.1) is 0 Å². The van der Waals surface area contributed by atoms with Gasteiger partial charge in [-0.25, -0.2) is 0 Å². The number of anilines is 1. The Morgan fingerprint density at radius 1 is 1.04 bits per heavy atom. The summed E-state index contributed by atoms with van der Waals surface area (Å²) >= 11 is -2.10. The molecule has 6 heteroatoms. The number of carbonyl (C=O) groups excluding carboxylic acids is 1. The zero-order chi connectivity index (χ0) is 18.6. The van der Waals surface area contributed by atoms with Gasteiger partial charge in [0.15, 0.2) is 0 Å². The van der Waals surface area contributed by atoms with Crippen molar-refractivity contribution in [3.8, 4) is 0 Å². The molecular weight excluding hydrogens is 433 g/mol. The van der Waals surface area contributed by atoms with Gasteiger partial charge in [0.2, 0.25) is 0 Å². The predicted molar refractivity (Wildman–Crippen MR) is 108 cm³/mol. The van der Waals surface area contributed by atoms with Gasteiger partial charge in [-0.1, -0.05) is 30.3 Å². The quantitative estimate of drug-likeness (QED) is 0.659. The van der Waals surface area contributed by atoms with Crippen molar-refractivity contribution in [2.45, 2.75) is 21.4 Å². The zero-order valence-electron chi connectivity index (χ0n) is 15.8. The summed E-state index contributed by atoms with van der Waals surface area (Å²) in [6.45, 7) is 3.28. The third-order valence-electron chi connectivity index (χ3n) is 4.62. The maximum absolute atomic E-state index is 12.2. The van der Waals surface area contributed by atoms with Crippen molar-refractivity contribution in [1.29, 1.82) is 0 Å². The Hall–Kier alpha value is -1.76. The number of benzene rings is 1. The molecule has 1 aliphatic rings. The average Bonchev–Trinajstić information content (AvgIpc) is 2.66. The van der Waals surface area contributed by atoms with Gasteiger partial charge in [0.25, 0.3) is 0 Å². The fraction of sp³-hybridized carbons (Fsp3) is 0.400. The van der Waals surface area contributed by atoms with Crippen molar-refractivity contribution >= 4 is 33.9 Å². The van der Waals surface area contributed by atoms with Gasteiger partial charge in [0.1, 0.15) is 0 Å². The van der Waals surface area contributed by atoms with Gasteiger partial charge in [-0.05, 0) is 0 Å². The van der Waals surface area contributed by atoms with Gasteiger partial charge in [-0.15, -0.1) is 0 Å². The SMILES string of the molecule is [CH3][Sn]([CH3])([CH3])[c]1ccc(N2CCN(C(=O)OCc3ccccc3)CC2)cn1. The third-order valence-corrected chi connectivity index (χ3v) is 9.85. The molecule has 138 valence electrons. The number of carbonyl (C=O) groups is 1. The molecule has 0 N–H and O–H groups in total. The summed E-state index contributed by atoms with van der Waals surface area (Å²) in [6, 6.07) is 14.1. The minimum absolute atomic E-state index is 0.233. The summed E-state index contributed by atoms with van der Waals surface area (Å²) in [5, 5.41) is 0. The van der Waals surface area contributed by atoms with Gasteiger partial charge >= 0.3 is 130 Å². The van der Waals surface area contributed by atoms with E-state index < -0.39 is 18.4 Å². The number of hydrogen-bond donors (Lipinski definition) is 0. The molecule has 1 amide bonds. The number of pyridine rings is 1. The Morgan fingerprint density at radius 2 is 1.73 bits per heavy atom. The molecule has 2 aromatic rings. The van der Waals surface area contributed by atoms with E-state index in [9.17, 15) is 4.79 Å². The average molecular weight is 460 g/mol. The van der Waals surface area contributed by atoms with Crippen LogP contribution in [0.4, 0.5) is 10.5 Å². The van der Waals surface area contributed by atoms with Crippen LogP contribution in [0.2, 0.25) is 14.8 Å². The van der Waals surface area contributed by atoms with E-state index in [0.717, 1.165) is 24.3 Å². The Bertz CT molecular complexity index is 721. The van der Waals surface area contributed by atoms with E-state index in [4.69, 9.17) is 4.74 Å². The molecule has 26 heavy (non-hydrogen) atoms. The number of piperazine rings is 1. The topological polar surface area (TPSA) is 45.7 Å². The Kier molecular flexibility index (Phi) is 6.06. The fourth-order valence-corrected chi connectivity index (χ4v) is 5.93. The van der Waals surface area contributed by atoms with Crippen LogP contribution in [0, 0.1) is 0 Å². The molecule has 1 fully saturated rings. The summed E-state index contributed by atoms with van der Waals surface area (Å²) in [5.74, 6) is 0. The standard InChI is InChI=1S/C17H18N3O2.3CH3.Sn/c21-17(22-14-15-5-2-1-3-6-15)20-11-9-19(10-12-20)16-7-4-8-18-13-16;;;;/h1-7,13H,9-12,14H2;3*1H3;. The zero-order valence-corrected chi connectivity index (χ0v) is 18.7. The van der Waals surface area contributed by atoms with Crippen molar-refractivity contribution in [2.24, 2.45) is 0 Å². The number of hydrogen-bond acceptors (Lipinski definition) is 4. The number of nitrogens with zero attached hydrogens (tertiary/aromatic N) is 3. The van der Waals surface area contributed by atoms with Crippen molar-refractivity contribution in [1.82, 2.24) is 9.88 Å². The van der Waals surface area contributed by atoms with Gasteiger partial charge in [0, 0.05) is 0 Å². The molecule has 3 rings (SSSR count). The summed E-state index contributed by atoms with van der Waals surface area (Å²) in [6.07, 6.45) is 1.75. The Morgan fingerprint density at radius 3 is 2.31 bits per heavy atom. The molecule has 1 aliphatic heterocycles. The van der Waals surface area contributed by atoms with Crippen LogP contribution in [-0.2, 0) is 11.3 Å². The summed E-state index contributed by atoms with van der Waals surface area (Å²) in [7, 11) is 0. The van der Waals surface area contributed by atoms with Crippen LogP contribution in [-0.4, -0.2) is 60.5 Å². The van der Waals surface area contributed by atoms with E-state index in [1.165, 1.54) is 3.71 Å². The number of aromatic nitrogens is 1. The van der Waals surface area contributed by atoms with Crippen molar-refractivity contribution in [3.05, 3.63) is 54.2 Å². The van der Waals surface area contributed by atoms with E-state index in [-0.39, 0.29) is 6.09 Å². The molecule has 2 heterocycles. The molecule has 0 spiro atoms. The molecule has 0 saturated carbocycles. The molecule has 0 bridgehead atoms. The molecule has 5 nitrogen and oxygen atoms in total. The normalized spacial score (nSPS) is 15.0. The van der Waals surface area contributed by atoms with Crippen LogP contribution >= 0.6 is 0 Å². The Balaban J connectivity index is 1.50. The summed E-state index contributed by atoms with van der Waals surface area (Å²) < 4.78 is 6.72. The van der Waals surface area contributed by atoms with Gasteiger partial charge < -0.3 is 0 Å². The number of rotatable bonds is 4. The molecule has 0 radical (unpaired) electrons. The van der Waals surface area contributed by atoms with Crippen LogP contribution in [0.5, 0.6) is 0 Å². The third kappa shape index (κ3) is 4.90. The monoisotopic (exact) mass is 461 g/mol. The molecule has 1 aromatic carbocycles. The molecular formula is C20H27N3O2Sn. The summed E-state index contributed by atoms with van der Waals surface area (Å²) in [5.41, 5.74) is 2.15. The van der Waals surface area contributed by atoms with Crippen LogP contribution in [0.3, 0.4) is 0 Å². The van der Waals surface area contributed by atoms with E-state index in [0.29, 0.717) is 19.7 Å². The fourth-order valence-electron chi connectivity index (χ4n) is 2.97. The van der Waals surface area contributed by atoms with Crippen LogP contribution < -0.4 is 8.61 Å². The molecule has 1 aromatic heterocycles. The summed E-state index contributed by atoms with van der Waals surface area (Å²) in [4.78, 5) is 28.1. The molecule has 0 unspecified atom stereocenters. The molecule has 1 saturated heterocycles. The molecule has 0 atom stereocenters. The maximum atomic E-state index is 12.2. The Labute approximate surface area is 159 Å². The number of amides is 1. The minimum atomic E-state index is -2.10. The van der Waals surface area contributed by atoms with Crippen molar-refractivity contribution in [3.63, 3.8) is 0 Å². The van der Waals surface area contributed by atoms with E-state index >= 15 is 0 Å². The number of ether oxygens (including phenoxy) is 1. The second kappa shape index (κ2) is 8.29. The first kappa shape index (κ1) is 19.0. The van der Waals surface area contributed by atoms with Gasteiger partial charge in [-0.3, -0.25) is 0 Å². The van der Waals surface area contributed by atoms with E-state index in [1.54, 1.807) is 4.90 Å². The van der Waals surface area contributed by atoms with E-state index in [1.807, 2.05) is 36.5 Å². The van der Waals surface area contributed by atoms with Crippen molar-refractivity contribution < 1.29 is 9.53 Å². The second-order valence-corrected chi connectivity index (χ2v) is 22.0. The second-order valence-electron chi connectivity index (χ2n) is 7.67. The first-order valence-corrected chi connectivity index (χ1v) is 19.1. The first-order chi connectivity index (χ1) is 12.4. The van der Waals surface area contributed by atoms with Crippen molar-refractivity contribution in [2.75, 3.05) is 31.1 Å². The van der Waals surface area contributed by atoms with Crippen LogP contribution in [0.15, 0.2) is 48.7 Å². The van der Waals surface area contributed by atoms with E-state index in [2.05, 4.69) is 36.8 Å². The molecule has 0 aliphatic carbocycles. The first-order valence-electron chi connectivity index (χ1n) is 9.10.